The van der Waals surface area contributed by atoms with Gasteiger partial charge in [-0.3, -0.25) is 0 Å². The second-order valence-corrected chi connectivity index (χ2v) is 8.36. The topological polar surface area (TPSA) is 55.9 Å². The predicted octanol–water partition coefficient (Wildman–Crippen LogP) is 1.54. The molecule has 3 aliphatic heterocycles. The third-order valence-electron chi connectivity index (χ3n) is 7.37. The van der Waals surface area contributed by atoms with E-state index in [-0.39, 0.29) is 5.41 Å². The van der Waals surface area contributed by atoms with Crippen molar-refractivity contribution in [3.63, 3.8) is 0 Å². The van der Waals surface area contributed by atoms with Crippen LogP contribution < -0.4 is 4.90 Å². The van der Waals surface area contributed by atoms with Gasteiger partial charge in [-0.15, -0.1) is 0 Å². The van der Waals surface area contributed by atoms with E-state index >= 15 is 0 Å². The van der Waals surface area contributed by atoms with E-state index in [1.807, 2.05) is 16.7 Å². The van der Waals surface area contributed by atoms with Crippen molar-refractivity contribution < 1.29 is 19.5 Å². The zero-order chi connectivity index (χ0) is 18.1. The summed E-state index contributed by atoms with van der Waals surface area (Å²) in [4.78, 5) is 14.5. The highest BCUT2D eigenvalue weighted by molar-refractivity contribution is 5.89. The molecule has 5 nitrogen and oxygen atoms in total. The summed E-state index contributed by atoms with van der Waals surface area (Å²) in [7, 11) is 1.38. The second-order valence-electron chi connectivity index (χ2n) is 8.36. The molecule has 4 heterocycles. The summed E-state index contributed by atoms with van der Waals surface area (Å²) < 4.78 is 7.04. The van der Waals surface area contributed by atoms with Crippen LogP contribution in [0.4, 0.5) is 0 Å². The maximum absolute atomic E-state index is 12.8. The number of rotatable bonds is 2. The molecule has 0 aliphatic carbocycles. The largest absolute Gasteiger partial charge is 0.465 e. The monoisotopic (exact) mass is 355 g/mol. The zero-order valence-electron chi connectivity index (χ0n) is 15.5. The van der Waals surface area contributed by atoms with Crippen molar-refractivity contribution in [1.29, 1.82) is 0 Å². The van der Waals surface area contributed by atoms with Crippen molar-refractivity contribution in [3.8, 4) is 0 Å². The number of hydrogen-bond acceptors (Lipinski definition) is 3. The molecule has 2 N–H and O–H groups in total. The molecule has 0 amide bonds. The summed E-state index contributed by atoms with van der Waals surface area (Å²) in [5.74, 6) is -0.537. The van der Waals surface area contributed by atoms with Crippen molar-refractivity contribution >= 4 is 16.9 Å². The standard InChI is InChI=1S/C21H26N2O3/c1-3-20-10-6-11-22-12-9-15-14-7-4-5-8-16(14)23(17(15)18(20)22)21(25,13-20)19(24)26-2/h4-5,7-8,18,25H,3,6,9-13H2,1-2H3/p+1/t18-,20-,21+/m1/s1. The molecule has 4 atom stereocenters. The van der Waals surface area contributed by atoms with Gasteiger partial charge in [0.1, 0.15) is 6.04 Å². The fraction of sp³-hybridized carbons (Fsp3) is 0.571. The molecule has 0 spiro atoms. The number of benzene rings is 1. The lowest BCUT2D eigenvalue weighted by atomic mass is 9.62. The summed E-state index contributed by atoms with van der Waals surface area (Å²) in [6, 6.07) is 8.57. The lowest BCUT2D eigenvalue weighted by Gasteiger charge is -2.55. The Bertz CT molecular complexity index is 904. The average Bonchev–Trinajstić information content (AvgIpc) is 3.02. The van der Waals surface area contributed by atoms with E-state index in [2.05, 4.69) is 19.1 Å². The highest BCUT2D eigenvalue weighted by atomic mass is 16.5. The first-order chi connectivity index (χ1) is 12.6. The van der Waals surface area contributed by atoms with E-state index in [0.717, 1.165) is 37.7 Å². The molecule has 1 saturated heterocycles. The Morgan fingerprint density at radius 2 is 2.19 bits per heavy atom. The Kier molecular flexibility index (Phi) is 3.35. The minimum absolute atomic E-state index is 0.0456. The van der Waals surface area contributed by atoms with Crippen molar-refractivity contribution in [3.05, 3.63) is 35.5 Å². The Labute approximate surface area is 153 Å². The molecule has 26 heavy (non-hydrogen) atoms. The smallest absolute Gasteiger partial charge is 0.359 e. The molecule has 2 aromatic rings. The third kappa shape index (κ3) is 1.80. The Morgan fingerprint density at radius 3 is 2.96 bits per heavy atom. The molecule has 1 unspecified atom stereocenters. The number of ether oxygens (including phenoxy) is 1. The number of carbonyl (C=O) groups is 1. The van der Waals surface area contributed by atoms with Gasteiger partial charge in [-0.25, -0.2) is 4.79 Å². The second kappa shape index (κ2) is 5.33. The van der Waals surface area contributed by atoms with Crippen LogP contribution in [0.15, 0.2) is 24.3 Å². The summed E-state index contributed by atoms with van der Waals surface area (Å²) in [6.07, 6.45) is 4.65. The van der Waals surface area contributed by atoms with Gasteiger partial charge in [-0.05, 0) is 30.9 Å². The lowest BCUT2D eigenvalue weighted by Crippen LogP contribution is -3.16. The highest BCUT2D eigenvalue weighted by Crippen LogP contribution is 2.56. The molecule has 5 rings (SSSR count). The summed E-state index contributed by atoms with van der Waals surface area (Å²) >= 11 is 0. The molecular formula is C21H27N2O3+. The zero-order valence-corrected chi connectivity index (χ0v) is 15.5. The van der Waals surface area contributed by atoms with Gasteiger partial charge in [0.05, 0.1) is 31.4 Å². The van der Waals surface area contributed by atoms with Crippen LogP contribution >= 0.6 is 0 Å². The van der Waals surface area contributed by atoms with Gasteiger partial charge >= 0.3 is 5.97 Å². The van der Waals surface area contributed by atoms with Gasteiger partial charge in [0, 0.05) is 23.6 Å². The van der Waals surface area contributed by atoms with Gasteiger partial charge in [0.25, 0.3) is 0 Å². The number of fused-ring (bicyclic) bond motifs is 3. The van der Waals surface area contributed by atoms with Crippen LogP contribution in [0, 0.1) is 5.41 Å². The van der Waals surface area contributed by atoms with Gasteiger partial charge < -0.3 is 19.3 Å². The quantitative estimate of drug-likeness (QED) is 0.804. The normalized spacial score (nSPS) is 35.2. The molecule has 0 bridgehead atoms. The molecule has 0 saturated carbocycles. The molecule has 138 valence electrons. The van der Waals surface area contributed by atoms with E-state index in [4.69, 9.17) is 4.74 Å². The van der Waals surface area contributed by atoms with Gasteiger partial charge in [0.2, 0.25) is 5.72 Å². The van der Waals surface area contributed by atoms with E-state index < -0.39 is 11.7 Å². The number of aromatic nitrogens is 1. The first-order valence-electron chi connectivity index (χ1n) is 9.84. The number of piperidine rings is 1. The number of carbonyl (C=O) groups excluding carboxylic acids is 1. The average molecular weight is 355 g/mol. The number of hydrogen-bond donors (Lipinski definition) is 2. The van der Waals surface area contributed by atoms with Crippen LogP contribution in [-0.4, -0.2) is 35.8 Å². The van der Waals surface area contributed by atoms with Gasteiger partial charge in [0.15, 0.2) is 0 Å². The summed E-state index contributed by atoms with van der Waals surface area (Å²) in [5, 5.41) is 12.9. The SMILES string of the molecule is CC[C@@]12CCC[NH+]3CCc4c(n(c5ccccc45)[C@@](O)(C(=O)OC)C1)[C@@H]32. The number of esters is 1. The predicted molar refractivity (Wildman–Crippen MR) is 97.9 cm³/mol. The number of nitrogens with zero attached hydrogens (tertiary/aromatic N) is 1. The molecule has 1 aromatic heterocycles. The third-order valence-corrected chi connectivity index (χ3v) is 7.37. The van der Waals surface area contributed by atoms with Crippen LogP contribution in [-0.2, 0) is 21.7 Å². The van der Waals surface area contributed by atoms with E-state index in [1.54, 1.807) is 4.90 Å². The van der Waals surface area contributed by atoms with Gasteiger partial charge in [-0.2, -0.15) is 0 Å². The molecular weight excluding hydrogens is 328 g/mol. The van der Waals surface area contributed by atoms with Crippen LogP contribution in [0.5, 0.6) is 0 Å². The summed E-state index contributed by atoms with van der Waals surface area (Å²) in [5.41, 5.74) is 1.82. The number of aliphatic hydroxyl groups is 1. The summed E-state index contributed by atoms with van der Waals surface area (Å²) in [6.45, 7) is 4.54. The van der Waals surface area contributed by atoms with E-state index in [0.29, 0.717) is 12.5 Å². The fourth-order valence-corrected chi connectivity index (χ4v) is 6.31. The minimum atomic E-state index is -1.62. The van der Waals surface area contributed by atoms with Crippen molar-refractivity contribution in [2.24, 2.45) is 5.41 Å². The molecule has 5 heteroatoms. The Morgan fingerprint density at radius 1 is 1.38 bits per heavy atom. The fourth-order valence-electron chi connectivity index (χ4n) is 6.31. The first kappa shape index (κ1) is 16.3. The van der Waals surface area contributed by atoms with Crippen molar-refractivity contribution in [2.45, 2.75) is 50.8 Å². The molecule has 3 aliphatic rings. The van der Waals surface area contributed by atoms with Crippen LogP contribution in [0.2, 0.25) is 0 Å². The Hall–Kier alpha value is -1.85. The maximum Gasteiger partial charge on any atom is 0.359 e. The van der Waals surface area contributed by atoms with Crippen LogP contribution in [0.25, 0.3) is 10.9 Å². The number of methoxy groups -OCH3 is 1. The van der Waals surface area contributed by atoms with E-state index in [9.17, 15) is 9.90 Å². The van der Waals surface area contributed by atoms with Gasteiger partial charge in [-0.1, -0.05) is 25.1 Å². The minimum Gasteiger partial charge on any atom is -0.465 e. The number of quaternary nitrogens is 1. The van der Waals surface area contributed by atoms with Crippen molar-refractivity contribution in [1.82, 2.24) is 4.57 Å². The highest BCUT2D eigenvalue weighted by Gasteiger charge is 2.62. The lowest BCUT2D eigenvalue weighted by molar-refractivity contribution is -0.950. The maximum atomic E-state index is 12.8. The van der Waals surface area contributed by atoms with Crippen LogP contribution in [0.1, 0.15) is 49.9 Å². The first-order valence-corrected chi connectivity index (χ1v) is 9.84. The van der Waals surface area contributed by atoms with Crippen LogP contribution in [0.3, 0.4) is 0 Å². The molecule has 0 radical (unpaired) electrons. The van der Waals surface area contributed by atoms with E-state index in [1.165, 1.54) is 30.3 Å². The number of para-hydroxylation sites is 1. The molecule has 1 fully saturated rings. The molecule has 1 aromatic carbocycles. The number of nitrogens with one attached hydrogen (secondary N) is 1. The Balaban J connectivity index is 1.89. The van der Waals surface area contributed by atoms with Crippen molar-refractivity contribution in [2.75, 3.05) is 20.2 Å².